The molecule has 3 aliphatic rings. The summed E-state index contributed by atoms with van der Waals surface area (Å²) in [6, 6.07) is 16.1. The molecule has 5 atom stereocenters. The smallest absolute Gasteiger partial charge is 0.308 e. The number of thiazole rings is 1. The summed E-state index contributed by atoms with van der Waals surface area (Å²) in [6.45, 7) is 2.06. The topological polar surface area (TPSA) is 60.3 Å². The van der Waals surface area contributed by atoms with Crippen LogP contribution in [0.25, 0.3) is 0 Å². The number of carbonyl (C=O) groups is 1. The number of thioether (sulfide) groups is 1. The number of hydrogen-bond acceptors (Lipinski definition) is 5. The molecule has 2 bridgehead atoms. The van der Waals surface area contributed by atoms with E-state index in [4.69, 9.17) is 4.74 Å². The van der Waals surface area contributed by atoms with Crippen LogP contribution >= 0.6 is 23.1 Å². The summed E-state index contributed by atoms with van der Waals surface area (Å²) >= 11 is 3.19. The molecule has 34 heavy (non-hydrogen) atoms. The maximum Gasteiger partial charge on any atom is 0.308 e. The van der Waals surface area contributed by atoms with E-state index in [-0.39, 0.29) is 23.2 Å². The lowest BCUT2D eigenvalue weighted by Gasteiger charge is -2.40. The van der Waals surface area contributed by atoms with Crippen LogP contribution in [0.5, 0.6) is 5.75 Å². The first-order chi connectivity index (χ1) is 16.5. The molecule has 0 spiro atoms. The Morgan fingerprint density at radius 3 is 2.56 bits per heavy atom. The minimum absolute atomic E-state index is 0.0395. The monoisotopic (exact) mass is 492 g/mol. The quantitative estimate of drug-likeness (QED) is 0.510. The Kier molecular flexibility index (Phi) is 5.57. The predicted octanol–water partition coefficient (Wildman–Crippen LogP) is 5.52. The van der Waals surface area contributed by atoms with Gasteiger partial charge in [-0.25, -0.2) is 0 Å². The molecule has 2 heterocycles. The van der Waals surface area contributed by atoms with Crippen molar-refractivity contribution >= 4 is 34.7 Å². The van der Waals surface area contributed by atoms with E-state index in [0.717, 1.165) is 32.8 Å². The molecule has 2 fully saturated rings. The first-order valence-corrected chi connectivity index (χ1v) is 13.6. The highest BCUT2D eigenvalue weighted by Crippen LogP contribution is 2.64. The molecule has 0 saturated heterocycles. The number of anilines is 1. The molecule has 0 radical (unpaired) electrons. The second-order valence-electron chi connectivity index (χ2n) is 9.78. The number of nitrogens with one attached hydrogen (secondary N) is 1. The molecule has 176 valence electrons. The van der Waals surface area contributed by atoms with Crippen molar-refractivity contribution in [1.82, 2.24) is 4.57 Å². The van der Waals surface area contributed by atoms with Gasteiger partial charge in [-0.05, 0) is 73.8 Å². The van der Waals surface area contributed by atoms with Crippen molar-refractivity contribution in [2.75, 3.05) is 12.4 Å². The van der Waals surface area contributed by atoms with Crippen molar-refractivity contribution < 1.29 is 9.53 Å². The third-order valence-electron chi connectivity index (χ3n) is 7.80. The lowest BCUT2D eigenvalue weighted by Crippen LogP contribution is -2.34. The predicted molar refractivity (Wildman–Crippen MR) is 137 cm³/mol. The summed E-state index contributed by atoms with van der Waals surface area (Å²) in [5, 5.41) is 4.47. The maximum absolute atomic E-state index is 13.2. The number of methoxy groups -OCH3 is 1. The number of hydrogen-bond donors (Lipinski definition) is 1. The average molecular weight is 493 g/mol. The lowest BCUT2D eigenvalue weighted by molar-refractivity contribution is -0.116. The van der Waals surface area contributed by atoms with E-state index in [1.807, 2.05) is 55.1 Å². The number of rotatable bonds is 5. The Hall–Kier alpha value is -2.51. The largest absolute Gasteiger partial charge is 0.497 e. The average Bonchev–Trinajstić information content (AvgIpc) is 3.54. The Labute approximate surface area is 207 Å². The minimum atomic E-state index is -0.164. The van der Waals surface area contributed by atoms with Crippen molar-refractivity contribution in [3.05, 3.63) is 74.2 Å². The van der Waals surface area contributed by atoms with Gasteiger partial charge in [-0.2, -0.15) is 0 Å². The van der Waals surface area contributed by atoms with Crippen molar-refractivity contribution in [2.45, 2.75) is 48.9 Å². The van der Waals surface area contributed by atoms with Crippen LogP contribution in [0, 0.1) is 24.7 Å². The maximum atomic E-state index is 13.2. The SMILES string of the molecule is COc1ccc([C@@H]2c3sc(=O)n(CC(=O)Nc4ccc(C)cc4)c3S[C@@H]3[C@H]4CC[C@@H](C4)[C@@H]23)cc1. The molecule has 2 aromatic carbocycles. The standard InChI is InChI=1S/C27H28N2O3S2/c1-15-3-9-19(10-4-15)28-21(30)14-29-26-25(34-27(29)31)22(16-7-11-20(32-2)12-8-16)23-17-5-6-18(13-17)24(23)33-26/h3-4,7-12,17-18,22-24H,5-6,13-14H2,1-2H3,(H,28,30)/t17-,18-,22-,23-,24+/m0/s1. The summed E-state index contributed by atoms with van der Waals surface area (Å²) in [4.78, 5) is 27.2. The van der Waals surface area contributed by atoms with E-state index in [9.17, 15) is 9.59 Å². The van der Waals surface area contributed by atoms with Crippen LogP contribution < -0.4 is 14.9 Å². The van der Waals surface area contributed by atoms with Crippen LogP contribution in [0.4, 0.5) is 5.69 Å². The van der Waals surface area contributed by atoms with Gasteiger partial charge in [0.05, 0.1) is 12.1 Å². The van der Waals surface area contributed by atoms with E-state index in [2.05, 4.69) is 17.4 Å². The summed E-state index contributed by atoms with van der Waals surface area (Å²) in [5.74, 6) is 2.87. The molecule has 0 unspecified atom stereocenters. The van der Waals surface area contributed by atoms with Gasteiger partial charge in [0.15, 0.2) is 0 Å². The molecular weight excluding hydrogens is 464 g/mol. The Morgan fingerprint density at radius 2 is 1.82 bits per heavy atom. The van der Waals surface area contributed by atoms with E-state index >= 15 is 0 Å². The Morgan fingerprint density at radius 1 is 1.09 bits per heavy atom. The number of aromatic nitrogens is 1. The highest BCUT2D eigenvalue weighted by atomic mass is 32.2. The zero-order valence-corrected chi connectivity index (χ0v) is 21.0. The molecule has 7 heteroatoms. The summed E-state index contributed by atoms with van der Waals surface area (Å²) in [6.07, 6.45) is 3.87. The zero-order valence-electron chi connectivity index (χ0n) is 19.3. The van der Waals surface area contributed by atoms with Gasteiger partial charge in [0, 0.05) is 21.7 Å². The van der Waals surface area contributed by atoms with E-state index in [0.29, 0.717) is 17.1 Å². The fourth-order valence-corrected chi connectivity index (χ4v) is 9.40. The van der Waals surface area contributed by atoms with Crippen molar-refractivity contribution in [3.63, 3.8) is 0 Å². The van der Waals surface area contributed by atoms with Crippen LogP contribution in [-0.4, -0.2) is 22.8 Å². The number of aryl methyl sites for hydroxylation is 1. The third-order valence-corrected chi connectivity index (χ3v) is 10.6. The van der Waals surface area contributed by atoms with Gasteiger partial charge in [0.25, 0.3) is 0 Å². The van der Waals surface area contributed by atoms with Gasteiger partial charge < -0.3 is 10.1 Å². The first-order valence-electron chi connectivity index (χ1n) is 11.9. The van der Waals surface area contributed by atoms with Crippen molar-refractivity contribution in [2.24, 2.45) is 17.8 Å². The number of amides is 1. The fourth-order valence-electron chi connectivity index (χ4n) is 6.25. The van der Waals surface area contributed by atoms with Crippen LogP contribution in [0.2, 0.25) is 0 Å². The number of ether oxygens (including phenoxy) is 1. The normalized spacial score (nSPS) is 26.7. The number of carbonyl (C=O) groups excluding carboxylic acids is 1. The second kappa shape index (κ2) is 8.61. The van der Waals surface area contributed by atoms with Gasteiger partial charge in [-0.15, -0.1) is 11.8 Å². The number of nitrogens with zero attached hydrogens (tertiary/aromatic N) is 1. The molecule has 2 saturated carbocycles. The molecular formula is C27H28N2O3S2. The Bertz CT molecular complexity index is 1280. The molecule has 3 aromatic rings. The Balaban J connectivity index is 1.35. The highest BCUT2D eigenvalue weighted by Gasteiger charge is 2.55. The molecule has 1 aliphatic heterocycles. The molecule has 5 nitrogen and oxygen atoms in total. The molecule has 2 aliphatic carbocycles. The van der Waals surface area contributed by atoms with Crippen LogP contribution in [-0.2, 0) is 11.3 Å². The molecule has 1 N–H and O–H groups in total. The number of benzene rings is 2. The van der Waals surface area contributed by atoms with Crippen LogP contribution in [0.1, 0.15) is 41.2 Å². The molecule has 1 aromatic heterocycles. The van der Waals surface area contributed by atoms with E-state index < -0.39 is 0 Å². The summed E-state index contributed by atoms with van der Waals surface area (Å²) in [5.41, 5.74) is 3.15. The van der Waals surface area contributed by atoms with Gasteiger partial charge in [-0.3, -0.25) is 14.2 Å². The summed E-state index contributed by atoms with van der Waals surface area (Å²) in [7, 11) is 1.68. The fraction of sp³-hybridized carbons (Fsp3) is 0.407. The zero-order chi connectivity index (χ0) is 23.4. The first kappa shape index (κ1) is 22.0. The van der Waals surface area contributed by atoms with Gasteiger partial charge in [0.1, 0.15) is 12.3 Å². The van der Waals surface area contributed by atoms with Crippen LogP contribution in [0.3, 0.4) is 0 Å². The number of fused-ring (bicyclic) bond motifs is 6. The molecule has 1 amide bonds. The second-order valence-corrected chi connectivity index (χ2v) is 11.9. The highest BCUT2D eigenvalue weighted by molar-refractivity contribution is 8.00. The third kappa shape index (κ3) is 3.69. The minimum Gasteiger partial charge on any atom is -0.497 e. The van der Waals surface area contributed by atoms with Gasteiger partial charge in [-0.1, -0.05) is 41.2 Å². The van der Waals surface area contributed by atoms with E-state index in [1.165, 1.54) is 36.2 Å². The van der Waals surface area contributed by atoms with Gasteiger partial charge >= 0.3 is 4.87 Å². The molecule has 6 rings (SSSR count). The van der Waals surface area contributed by atoms with E-state index in [1.54, 1.807) is 11.7 Å². The van der Waals surface area contributed by atoms with Crippen LogP contribution in [0.15, 0.2) is 58.4 Å². The summed E-state index contributed by atoms with van der Waals surface area (Å²) < 4.78 is 7.10. The lowest BCUT2D eigenvalue weighted by atomic mass is 9.75. The van der Waals surface area contributed by atoms with Gasteiger partial charge in [0.2, 0.25) is 5.91 Å². The van der Waals surface area contributed by atoms with Crippen molar-refractivity contribution in [1.29, 1.82) is 0 Å². The van der Waals surface area contributed by atoms with Crippen molar-refractivity contribution in [3.8, 4) is 5.75 Å².